The van der Waals surface area contributed by atoms with E-state index in [4.69, 9.17) is 0 Å². The molecule has 1 N–H and O–H groups in total. The van der Waals surface area contributed by atoms with Crippen LogP contribution in [0.5, 0.6) is 0 Å². The molecule has 0 aromatic carbocycles. The summed E-state index contributed by atoms with van der Waals surface area (Å²) in [5.41, 5.74) is 2.52. The van der Waals surface area contributed by atoms with Crippen molar-refractivity contribution in [1.29, 1.82) is 0 Å². The Labute approximate surface area is 97.0 Å². The Morgan fingerprint density at radius 2 is 1.81 bits per heavy atom. The van der Waals surface area contributed by atoms with Gasteiger partial charge < -0.3 is 4.84 Å². The molecule has 0 saturated heterocycles. The van der Waals surface area contributed by atoms with Crippen LogP contribution in [0.15, 0.2) is 12.2 Å². The molecule has 0 aliphatic rings. The molecule has 0 fully saturated rings. The summed E-state index contributed by atoms with van der Waals surface area (Å²) in [7, 11) is 0. The van der Waals surface area contributed by atoms with Gasteiger partial charge in [0, 0.05) is 12.0 Å². The first-order valence-electron chi connectivity index (χ1n) is 5.79. The van der Waals surface area contributed by atoms with Gasteiger partial charge in [0.1, 0.15) is 0 Å². The second-order valence-corrected chi connectivity index (χ2v) is 3.73. The predicted molar refractivity (Wildman–Crippen MR) is 62.4 cm³/mol. The summed E-state index contributed by atoms with van der Waals surface area (Å²) >= 11 is 0. The average molecular weight is 227 g/mol. The lowest BCUT2D eigenvalue weighted by Crippen LogP contribution is -2.27. The number of carbonyl (C=O) groups excluding carboxylic acids is 2. The molecule has 0 aliphatic carbocycles. The van der Waals surface area contributed by atoms with Crippen molar-refractivity contribution in [3.63, 3.8) is 0 Å². The van der Waals surface area contributed by atoms with E-state index in [9.17, 15) is 9.59 Å². The van der Waals surface area contributed by atoms with Crippen molar-refractivity contribution < 1.29 is 14.4 Å². The molecule has 0 atom stereocenters. The van der Waals surface area contributed by atoms with Crippen molar-refractivity contribution in [3.8, 4) is 0 Å². The Morgan fingerprint density at radius 1 is 1.12 bits per heavy atom. The number of hydrogen-bond donors (Lipinski definition) is 1. The van der Waals surface area contributed by atoms with Gasteiger partial charge in [-0.05, 0) is 12.8 Å². The van der Waals surface area contributed by atoms with Crippen molar-refractivity contribution in [2.45, 2.75) is 52.4 Å². The van der Waals surface area contributed by atoms with Gasteiger partial charge in [0.25, 0.3) is 5.91 Å². The van der Waals surface area contributed by atoms with Crippen LogP contribution in [-0.2, 0) is 14.4 Å². The highest BCUT2D eigenvalue weighted by molar-refractivity contribution is 5.88. The SMILES string of the molecule is C=C(CCC)C(=O)ONC(=O)CCCCC. The van der Waals surface area contributed by atoms with Gasteiger partial charge in [-0.3, -0.25) is 4.79 Å². The third kappa shape index (κ3) is 7.04. The van der Waals surface area contributed by atoms with Gasteiger partial charge in [0.2, 0.25) is 0 Å². The molecule has 0 unspecified atom stereocenters. The van der Waals surface area contributed by atoms with Crippen LogP contribution in [0.4, 0.5) is 0 Å². The molecule has 4 heteroatoms. The van der Waals surface area contributed by atoms with Gasteiger partial charge >= 0.3 is 5.97 Å². The van der Waals surface area contributed by atoms with Crippen molar-refractivity contribution in [1.82, 2.24) is 5.48 Å². The quantitative estimate of drug-likeness (QED) is 0.413. The molecular weight excluding hydrogens is 206 g/mol. The maximum absolute atomic E-state index is 11.2. The Bertz CT molecular complexity index is 249. The van der Waals surface area contributed by atoms with E-state index in [2.05, 4.69) is 23.8 Å². The first-order chi connectivity index (χ1) is 7.61. The van der Waals surface area contributed by atoms with Crippen molar-refractivity contribution in [2.75, 3.05) is 0 Å². The van der Waals surface area contributed by atoms with E-state index >= 15 is 0 Å². The van der Waals surface area contributed by atoms with E-state index < -0.39 is 5.97 Å². The largest absolute Gasteiger partial charge is 0.358 e. The van der Waals surface area contributed by atoms with Crippen LogP contribution in [-0.4, -0.2) is 11.9 Å². The topological polar surface area (TPSA) is 55.4 Å². The predicted octanol–water partition coefficient (Wildman–Crippen LogP) is 2.50. The maximum Gasteiger partial charge on any atom is 0.358 e. The van der Waals surface area contributed by atoms with Crippen LogP contribution in [0, 0.1) is 0 Å². The minimum Gasteiger partial charge on any atom is -0.336 e. The molecule has 4 nitrogen and oxygen atoms in total. The van der Waals surface area contributed by atoms with Crippen LogP contribution in [0.3, 0.4) is 0 Å². The van der Waals surface area contributed by atoms with Crippen LogP contribution in [0.2, 0.25) is 0 Å². The van der Waals surface area contributed by atoms with Crippen LogP contribution >= 0.6 is 0 Å². The fraction of sp³-hybridized carbons (Fsp3) is 0.667. The van der Waals surface area contributed by atoms with Gasteiger partial charge in [-0.15, -0.1) is 0 Å². The minimum absolute atomic E-state index is 0.258. The van der Waals surface area contributed by atoms with E-state index in [1.54, 1.807) is 0 Å². The second kappa shape index (κ2) is 8.95. The maximum atomic E-state index is 11.2. The van der Waals surface area contributed by atoms with E-state index in [0.717, 1.165) is 25.7 Å². The van der Waals surface area contributed by atoms with E-state index in [1.807, 2.05) is 6.92 Å². The lowest BCUT2D eigenvalue weighted by Gasteiger charge is -2.06. The Hall–Kier alpha value is -1.32. The number of hydroxylamine groups is 1. The smallest absolute Gasteiger partial charge is 0.336 e. The van der Waals surface area contributed by atoms with Gasteiger partial charge in [-0.1, -0.05) is 39.7 Å². The molecule has 0 aromatic heterocycles. The average Bonchev–Trinajstić information content (AvgIpc) is 2.26. The summed E-state index contributed by atoms with van der Waals surface area (Å²) in [6.07, 6.45) is 4.68. The highest BCUT2D eigenvalue weighted by Crippen LogP contribution is 2.03. The molecule has 0 aromatic rings. The molecule has 0 heterocycles. The summed E-state index contributed by atoms with van der Waals surface area (Å²) in [6, 6.07) is 0. The zero-order chi connectivity index (χ0) is 12.4. The standard InChI is InChI=1S/C12H21NO3/c1-4-6-7-9-11(14)13-16-12(15)10(3)8-5-2/h3-9H2,1-2H3,(H,13,14). The number of hydrogen-bond acceptors (Lipinski definition) is 3. The second-order valence-electron chi connectivity index (χ2n) is 3.73. The molecule has 0 aliphatic heterocycles. The van der Waals surface area contributed by atoms with Gasteiger partial charge in [-0.2, -0.15) is 5.48 Å². The van der Waals surface area contributed by atoms with Crippen LogP contribution in [0.25, 0.3) is 0 Å². The third-order valence-electron chi connectivity index (χ3n) is 2.11. The van der Waals surface area contributed by atoms with Gasteiger partial charge in [0.15, 0.2) is 0 Å². The third-order valence-corrected chi connectivity index (χ3v) is 2.11. The number of unbranched alkanes of at least 4 members (excludes halogenated alkanes) is 2. The Kier molecular flexibility index (Phi) is 8.21. The van der Waals surface area contributed by atoms with Crippen LogP contribution in [0.1, 0.15) is 52.4 Å². The summed E-state index contributed by atoms with van der Waals surface area (Å²) in [5, 5.41) is 0. The number of nitrogens with one attached hydrogen (secondary N) is 1. The van der Waals surface area contributed by atoms with Crippen molar-refractivity contribution in [3.05, 3.63) is 12.2 Å². The van der Waals surface area contributed by atoms with Crippen molar-refractivity contribution in [2.24, 2.45) is 0 Å². The zero-order valence-corrected chi connectivity index (χ0v) is 10.2. The summed E-state index contributed by atoms with van der Waals surface area (Å²) < 4.78 is 0. The summed E-state index contributed by atoms with van der Waals surface area (Å²) in [5.74, 6) is -0.809. The van der Waals surface area contributed by atoms with Gasteiger partial charge in [-0.25, -0.2) is 4.79 Å². The minimum atomic E-state index is -0.550. The van der Waals surface area contributed by atoms with E-state index in [0.29, 0.717) is 18.4 Å². The number of amides is 1. The van der Waals surface area contributed by atoms with E-state index in [1.165, 1.54) is 0 Å². The first kappa shape index (κ1) is 14.7. The molecule has 0 bridgehead atoms. The fourth-order valence-electron chi connectivity index (χ4n) is 1.17. The van der Waals surface area contributed by atoms with Crippen molar-refractivity contribution >= 4 is 11.9 Å². The van der Waals surface area contributed by atoms with E-state index in [-0.39, 0.29) is 5.91 Å². The fourth-order valence-corrected chi connectivity index (χ4v) is 1.17. The van der Waals surface area contributed by atoms with Gasteiger partial charge in [0.05, 0.1) is 0 Å². The molecule has 0 radical (unpaired) electrons. The van der Waals surface area contributed by atoms with Crippen LogP contribution < -0.4 is 5.48 Å². The molecule has 16 heavy (non-hydrogen) atoms. The number of carbonyl (C=O) groups is 2. The first-order valence-corrected chi connectivity index (χ1v) is 5.79. The molecule has 1 amide bonds. The Balaban J connectivity index is 3.66. The highest BCUT2D eigenvalue weighted by Gasteiger charge is 2.09. The summed E-state index contributed by atoms with van der Waals surface area (Å²) in [6.45, 7) is 7.58. The zero-order valence-electron chi connectivity index (χ0n) is 10.2. The lowest BCUT2D eigenvalue weighted by atomic mass is 10.2. The monoisotopic (exact) mass is 227 g/mol. The highest BCUT2D eigenvalue weighted by atomic mass is 16.7. The molecule has 0 spiro atoms. The number of rotatable bonds is 7. The molecular formula is C12H21NO3. The summed E-state index contributed by atoms with van der Waals surface area (Å²) in [4.78, 5) is 27.0. The molecule has 0 rings (SSSR count). The normalized spacial score (nSPS) is 9.62. The molecule has 92 valence electrons. The Morgan fingerprint density at radius 3 is 2.38 bits per heavy atom. The lowest BCUT2D eigenvalue weighted by molar-refractivity contribution is -0.154. The molecule has 0 saturated carbocycles.